The van der Waals surface area contributed by atoms with Gasteiger partial charge in [-0.2, -0.15) is 13.2 Å². The number of nitrogens with zero attached hydrogens (tertiary/aromatic N) is 2. The molecule has 3 aromatic carbocycles. The van der Waals surface area contributed by atoms with Crippen LogP contribution in [0.1, 0.15) is 56.6 Å². The molecule has 0 amide bonds. The maximum Gasteiger partial charge on any atom is 0.416 e. The second-order valence-electron chi connectivity index (χ2n) is 10.2. The molecule has 2 nitrogen and oxygen atoms in total. The van der Waals surface area contributed by atoms with Gasteiger partial charge < -0.3 is 0 Å². The van der Waals surface area contributed by atoms with Crippen LogP contribution >= 0.6 is 22.7 Å². The second kappa shape index (κ2) is 5.98. The van der Waals surface area contributed by atoms with Gasteiger partial charge in [-0.3, -0.25) is 0 Å². The number of rotatable bonds is 0. The highest BCUT2D eigenvalue weighted by molar-refractivity contribution is 7.17. The van der Waals surface area contributed by atoms with Gasteiger partial charge in [0.05, 0.1) is 28.0 Å². The summed E-state index contributed by atoms with van der Waals surface area (Å²) in [5.41, 5.74) is 7.08. The van der Waals surface area contributed by atoms with Gasteiger partial charge in [-0.1, -0.05) is 0 Å². The lowest BCUT2D eigenvalue weighted by Crippen LogP contribution is -2.52. The number of aromatic nitrogens is 2. The molecule has 3 aliphatic carbocycles. The molecule has 1 spiro atoms. The number of halogens is 3. The van der Waals surface area contributed by atoms with Gasteiger partial charge in [0.15, 0.2) is 0 Å². The minimum Gasteiger partial charge on any atom is -0.249 e. The van der Waals surface area contributed by atoms with E-state index in [4.69, 9.17) is 9.97 Å². The summed E-state index contributed by atoms with van der Waals surface area (Å²) in [7, 11) is 0. The highest BCUT2D eigenvalue weighted by Crippen LogP contribution is 2.77. The van der Waals surface area contributed by atoms with Crippen LogP contribution in [0, 0.1) is 6.92 Å². The Kier molecular flexibility index (Phi) is 3.30. The fourth-order valence-corrected chi connectivity index (χ4v) is 8.84. The normalized spacial score (nSPS) is 23.1. The quantitative estimate of drug-likeness (QED) is 0.205. The van der Waals surface area contributed by atoms with Crippen LogP contribution in [0.25, 0.3) is 31.2 Å². The zero-order valence-electron chi connectivity index (χ0n) is 18.8. The fraction of sp³-hybridized carbons (Fsp3) is 0.172. The standard InChI is InChI=1S/C29H15F3N2S2/c1-12-6-20-21(10-17(12)29(30,31)32)34-26-24-15-7-13-2-4-36-23(13)11-19(15)28(24)18-8-14-3-5-35-22(14)9-16(18)25(28)27(26)33-20/h2-11,24-25H,1H3. The summed E-state index contributed by atoms with van der Waals surface area (Å²) in [6.45, 7) is 1.50. The molecule has 9 rings (SSSR count). The van der Waals surface area contributed by atoms with Gasteiger partial charge in [0, 0.05) is 26.7 Å². The zero-order valence-corrected chi connectivity index (χ0v) is 20.4. The van der Waals surface area contributed by atoms with Crippen molar-refractivity contribution in [2.45, 2.75) is 30.4 Å². The summed E-state index contributed by atoms with van der Waals surface area (Å²) in [6.07, 6.45) is -4.42. The van der Waals surface area contributed by atoms with E-state index in [0.29, 0.717) is 11.0 Å². The Balaban J connectivity index is 1.37. The third-order valence-corrected chi connectivity index (χ3v) is 10.4. The number of benzene rings is 3. The van der Waals surface area contributed by atoms with Crippen molar-refractivity contribution in [3.8, 4) is 0 Å². The van der Waals surface area contributed by atoms with Crippen molar-refractivity contribution < 1.29 is 13.2 Å². The van der Waals surface area contributed by atoms with Crippen LogP contribution in [0.2, 0.25) is 0 Å². The van der Waals surface area contributed by atoms with E-state index in [1.165, 1.54) is 55.4 Å². The fourth-order valence-electron chi connectivity index (χ4n) is 7.21. The van der Waals surface area contributed by atoms with Crippen LogP contribution in [0.4, 0.5) is 13.2 Å². The smallest absolute Gasteiger partial charge is 0.249 e. The van der Waals surface area contributed by atoms with E-state index in [1.54, 1.807) is 28.7 Å². The number of thiophene rings is 2. The molecule has 6 aromatic rings. The van der Waals surface area contributed by atoms with Crippen LogP contribution < -0.4 is 0 Å². The summed E-state index contributed by atoms with van der Waals surface area (Å²) < 4.78 is 43.6. The summed E-state index contributed by atoms with van der Waals surface area (Å²) in [5, 5.41) is 6.68. The first-order valence-corrected chi connectivity index (χ1v) is 13.5. The third kappa shape index (κ3) is 2.06. The minimum absolute atomic E-state index is 0.00734. The Bertz CT molecular complexity index is 1980. The Morgan fingerprint density at radius 2 is 1.33 bits per heavy atom. The van der Waals surface area contributed by atoms with Gasteiger partial charge in [0.1, 0.15) is 0 Å². The molecule has 0 aliphatic heterocycles. The molecule has 3 heterocycles. The number of fused-ring (bicyclic) bond motifs is 10. The Morgan fingerprint density at radius 3 is 2.03 bits per heavy atom. The largest absolute Gasteiger partial charge is 0.416 e. The first-order valence-electron chi connectivity index (χ1n) is 11.8. The van der Waals surface area contributed by atoms with Gasteiger partial charge in [-0.15, -0.1) is 22.7 Å². The Hall–Kier alpha value is -3.29. The van der Waals surface area contributed by atoms with Gasteiger partial charge in [0.25, 0.3) is 0 Å². The van der Waals surface area contributed by atoms with Gasteiger partial charge in [-0.25, -0.2) is 9.97 Å². The highest BCUT2D eigenvalue weighted by atomic mass is 32.1. The molecule has 3 unspecified atom stereocenters. The first kappa shape index (κ1) is 19.8. The van der Waals surface area contributed by atoms with Gasteiger partial charge in [-0.05, 0) is 105 Å². The van der Waals surface area contributed by atoms with E-state index in [2.05, 4.69) is 47.2 Å². The summed E-state index contributed by atoms with van der Waals surface area (Å²) >= 11 is 3.48. The maximum absolute atomic E-state index is 13.7. The lowest BCUT2D eigenvalue weighted by atomic mass is 9.43. The number of aryl methyl sites for hydroxylation is 1. The van der Waals surface area contributed by atoms with Crippen molar-refractivity contribution in [2.75, 3.05) is 0 Å². The van der Waals surface area contributed by atoms with E-state index in [1.807, 2.05) is 0 Å². The number of hydrogen-bond acceptors (Lipinski definition) is 4. The van der Waals surface area contributed by atoms with Crippen LogP contribution in [0.3, 0.4) is 0 Å². The van der Waals surface area contributed by atoms with E-state index in [0.717, 1.165) is 11.4 Å². The first-order chi connectivity index (χ1) is 17.4. The molecule has 36 heavy (non-hydrogen) atoms. The predicted octanol–water partition coefficient (Wildman–Crippen LogP) is 8.28. The molecule has 0 bridgehead atoms. The molecule has 7 heteroatoms. The molecule has 0 saturated heterocycles. The average molecular weight is 513 g/mol. The van der Waals surface area contributed by atoms with E-state index in [-0.39, 0.29) is 22.8 Å². The topological polar surface area (TPSA) is 25.8 Å². The molecule has 0 N–H and O–H groups in total. The van der Waals surface area contributed by atoms with Crippen LogP contribution in [-0.2, 0) is 11.6 Å². The molecule has 0 saturated carbocycles. The monoisotopic (exact) mass is 512 g/mol. The van der Waals surface area contributed by atoms with Crippen molar-refractivity contribution >= 4 is 53.9 Å². The lowest BCUT2D eigenvalue weighted by Gasteiger charge is -2.58. The summed E-state index contributed by atoms with van der Waals surface area (Å²) in [6, 6.07) is 16.2. The molecule has 0 radical (unpaired) electrons. The van der Waals surface area contributed by atoms with E-state index < -0.39 is 11.7 Å². The van der Waals surface area contributed by atoms with Crippen molar-refractivity contribution in [3.63, 3.8) is 0 Å². The second-order valence-corrected chi connectivity index (χ2v) is 12.1. The Morgan fingerprint density at radius 1 is 0.750 bits per heavy atom. The zero-order chi connectivity index (χ0) is 24.1. The summed E-state index contributed by atoms with van der Waals surface area (Å²) in [5.74, 6) is 0.0799. The third-order valence-electron chi connectivity index (χ3n) is 8.59. The molecule has 0 fully saturated rings. The van der Waals surface area contributed by atoms with E-state index >= 15 is 0 Å². The number of alkyl halides is 3. The van der Waals surface area contributed by atoms with Crippen LogP contribution in [-0.4, -0.2) is 9.97 Å². The highest BCUT2D eigenvalue weighted by Gasteiger charge is 2.71. The van der Waals surface area contributed by atoms with Crippen molar-refractivity contribution in [3.05, 3.63) is 104 Å². The number of hydrogen-bond donors (Lipinski definition) is 0. The molecular weight excluding hydrogens is 497 g/mol. The van der Waals surface area contributed by atoms with Crippen LogP contribution in [0.15, 0.2) is 59.3 Å². The minimum atomic E-state index is -4.42. The van der Waals surface area contributed by atoms with Crippen molar-refractivity contribution in [1.29, 1.82) is 0 Å². The van der Waals surface area contributed by atoms with Crippen molar-refractivity contribution in [2.24, 2.45) is 0 Å². The lowest BCUT2D eigenvalue weighted by molar-refractivity contribution is -0.137. The van der Waals surface area contributed by atoms with E-state index in [9.17, 15) is 13.2 Å². The van der Waals surface area contributed by atoms with Gasteiger partial charge in [0.2, 0.25) is 0 Å². The average Bonchev–Trinajstić information content (AvgIpc) is 3.51. The molecule has 3 atom stereocenters. The maximum atomic E-state index is 13.7. The SMILES string of the molecule is Cc1cc2nc3c(nc2cc1C(F)(F)F)C1c2cc4ccsc4cc2C12c1cc4ccsc4cc1C32. The summed E-state index contributed by atoms with van der Waals surface area (Å²) in [4.78, 5) is 9.98. The molecule has 3 aromatic heterocycles. The molecular formula is C29H15F3N2S2. The van der Waals surface area contributed by atoms with Crippen molar-refractivity contribution in [1.82, 2.24) is 9.97 Å². The Labute approximate surface area is 211 Å². The molecule has 174 valence electrons. The molecule has 3 aliphatic rings. The van der Waals surface area contributed by atoms with Gasteiger partial charge >= 0.3 is 6.18 Å². The predicted molar refractivity (Wildman–Crippen MR) is 137 cm³/mol. The van der Waals surface area contributed by atoms with Crippen LogP contribution in [0.5, 0.6) is 0 Å².